The van der Waals surface area contributed by atoms with E-state index in [1.807, 2.05) is 35.8 Å². The van der Waals surface area contributed by atoms with Gasteiger partial charge >= 0.3 is 6.18 Å². The lowest BCUT2D eigenvalue weighted by Crippen LogP contribution is -2.40. The number of pyridine rings is 1. The first-order valence-electron chi connectivity index (χ1n) is 13.5. The molecule has 2 aromatic rings. The summed E-state index contributed by atoms with van der Waals surface area (Å²) in [6.45, 7) is 1.95. The van der Waals surface area contributed by atoms with E-state index in [4.69, 9.17) is 9.98 Å². The number of benzene rings is 2. The normalized spacial score (nSPS) is 16.5. The van der Waals surface area contributed by atoms with E-state index in [9.17, 15) is 13.2 Å². The number of rotatable bonds is 4. The highest BCUT2D eigenvalue weighted by molar-refractivity contribution is 5.70. The van der Waals surface area contributed by atoms with Crippen molar-refractivity contribution in [3.63, 3.8) is 0 Å². The molecule has 0 atom stereocenters. The van der Waals surface area contributed by atoms with Gasteiger partial charge in [0.1, 0.15) is 0 Å². The molecule has 5 nitrogen and oxygen atoms in total. The van der Waals surface area contributed by atoms with Gasteiger partial charge in [0, 0.05) is 11.4 Å². The van der Waals surface area contributed by atoms with Gasteiger partial charge in [-0.2, -0.15) is 13.2 Å². The second kappa shape index (κ2) is 10.3. The van der Waals surface area contributed by atoms with Gasteiger partial charge in [-0.15, -0.1) is 0 Å². The van der Waals surface area contributed by atoms with Crippen molar-refractivity contribution in [1.82, 2.24) is 14.5 Å². The molecule has 1 aromatic carbocycles. The van der Waals surface area contributed by atoms with Gasteiger partial charge in [-0.25, -0.2) is 4.98 Å². The zero-order chi connectivity index (χ0) is 27.0. The van der Waals surface area contributed by atoms with Crippen LogP contribution in [0.3, 0.4) is 0 Å². The van der Waals surface area contributed by atoms with Gasteiger partial charge in [-0.05, 0) is 81.1 Å². The number of anilines is 2. The zero-order valence-corrected chi connectivity index (χ0v) is 21.8. The Morgan fingerprint density at radius 3 is 2.44 bits per heavy atom. The first-order chi connectivity index (χ1) is 18.8. The van der Waals surface area contributed by atoms with Crippen molar-refractivity contribution in [3.05, 3.63) is 82.0 Å². The van der Waals surface area contributed by atoms with Gasteiger partial charge in [0.05, 0.1) is 56.6 Å². The molecular formula is C31H30F3N5. The molecule has 39 heavy (non-hydrogen) atoms. The quantitative estimate of drug-likeness (QED) is 0.351. The van der Waals surface area contributed by atoms with E-state index in [0.717, 1.165) is 95.2 Å². The van der Waals surface area contributed by atoms with E-state index in [1.165, 1.54) is 18.6 Å². The summed E-state index contributed by atoms with van der Waals surface area (Å²) in [7, 11) is 0. The summed E-state index contributed by atoms with van der Waals surface area (Å²) in [6.07, 6.45) is 8.99. The van der Waals surface area contributed by atoms with Gasteiger partial charge < -0.3 is 9.88 Å². The van der Waals surface area contributed by atoms with E-state index < -0.39 is 11.7 Å². The number of nitrogens with one attached hydrogen (secondary N) is 1. The highest BCUT2D eigenvalue weighted by Crippen LogP contribution is 2.31. The number of fused-ring (bicyclic) bond motifs is 2. The SMILES string of the molecule is Cc1ccc(Nc2cc3nc4c(n(-c5ccc(C(F)(F)F)cc5)c-3cc2=NC2CCCCC2)=CCCC=4)cn1. The van der Waals surface area contributed by atoms with Crippen LogP contribution in [0.2, 0.25) is 0 Å². The number of aryl methyl sites for hydroxylation is 1. The number of hydrogen-bond donors (Lipinski definition) is 1. The second-order valence-electron chi connectivity index (χ2n) is 10.3. The molecule has 1 aliphatic heterocycles. The van der Waals surface area contributed by atoms with Crippen LogP contribution >= 0.6 is 0 Å². The zero-order valence-electron chi connectivity index (χ0n) is 21.8. The van der Waals surface area contributed by atoms with Crippen LogP contribution in [0.4, 0.5) is 24.5 Å². The summed E-state index contributed by atoms with van der Waals surface area (Å²) in [6, 6.07) is 13.6. The third kappa shape index (κ3) is 5.33. The van der Waals surface area contributed by atoms with Gasteiger partial charge in [-0.1, -0.05) is 31.4 Å². The molecule has 4 aliphatic rings. The molecule has 6 rings (SSSR count). The number of aromatic nitrogens is 3. The Morgan fingerprint density at radius 2 is 1.72 bits per heavy atom. The first kappa shape index (κ1) is 25.3. The first-order valence-corrected chi connectivity index (χ1v) is 13.5. The maximum absolute atomic E-state index is 13.3. The Bertz CT molecular complexity index is 1650. The fourth-order valence-electron chi connectivity index (χ4n) is 5.44. The molecule has 0 saturated heterocycles. The molecule has 0 unspecified atom stereocenters. The number of alkyl halides is 3. The monoisotopic (exact) mass is 529 g/mol. The second-order valence-corrected chi connectivity index (χ2v) is 10.3. The molecule has 0 radical (unpaired) electrons. The molecule has 1 N–H and O–H groups in total. The lowest BCUT2D eigenvalue weighted by Gasteiger charge is -2.22. The van der Waals surface area contributed by atoms with E-state index in [2.05, 4.69) is 22.5 Å². The summed E-state index contributed by atoms with van der Waals surface area (Å²) in [4.78, 5) is 14.6. The van der Waals surface area contributed by atoms with Crippen molar-refractivity contribution in [2.24, 2.45) is 4.99 Å². The van der Waals surface area contributed by atoms with Crippen LogP contribution in [0.1, 0.15) is 56.2 Å². The van der Waals surface area contributed by atoms with Crippen LogP contribution in [0.25, 0.3) is 29.2 Å². The van der Waals surface area contributed by atoms with Crippen molar-refractivity contribution < 1.29 is 13.2 Å². The van der Waals surface area contributed by atoms with E-state index >= 15 is 0 Å². The van der Waals surface area contributed by atoms with Gasteiger partial charge in [0.2, 0.25) is 0 Å². The Kier molecular flexibility index (Phi) is 6.71. The molecule has 3 aliphatic carbocycles. The van der Waals surface area contributed by atoms with Crippen molar-refractivity contribution in [2.75, 3.05) is 5.32 Å². The Hall–Kier alpha value is -3.94. The Balaban J connectivity index is 1.58. The van der Waals surface area contributed by atoms with Crippen LogP contribution in [0.5, 0.6) is 0 Å². The van der Waals surface area contributed by atoms with Crippen LogP contribution in [-0.4, -0.2) is 20.6 Å². The van der Waals surface area contributed by atoms with E-state index in [1.54, 1.807) is 6.20 Å². The van der Waals surface area contributed by atoms with Crippen LogP contribution in [0, 0.1) is 6.92 Å². The summed E-state index contributed by atoms with van der Waals surface area (Å²) < 4.78 is 42.0. The molecule has 2 heterocycles. The van der Waals surface area contributed by atoms with Crippen LogP contribution in [-0.2, 0) is 6.18 Å². The minimum Gasteiger partial charge on any atom is -0.352 e. The number of hydrogen-bond acceptors (Lipinski definition) is 4. The molecule has 200 valence electrons. The fourth-order valence-corrected chi connectivity index (χ4v) is 5.44. The average molecular weight is 530 g/mol. The summed E-state index contributed by atoms with van der Waals surface area (Å²) in [5.41, 5.74) is 4.17. The van der Waals surface area contributed by atoms with Gasteiger partial charge in [0.25, 0.3) is 0 Å². The van der Waals surface area contributed by atoms with Crippen LogP contribution in [0.15, 0.2) is 59.7 Å². The predicted molar refractivity (Wildman–Crippen MR) is 147 cm³/mol. The third-order valence-electron chi connectivity index (χ3n) is 7.46. The Labute approximate surface area is 224 Å². The lowest BCUT2D eigenvalue weighted by molar-refractivity contribution is -0.137. The molecular weight excluding hydrogens is 499 g/mol. The molecule has 0 spiro atoms. The lowest BCUT2D eigenvalue weighted by atomic mass is 9.96. The Morgan fingerprint density at radius 1 is 0.949 bits per heavy atom. The summed E-state index contributed by atoms with van der Waals surface area (Å²) in [5.74, 6) is 0. The van der Waals surface area contributed by atoms with Gasteiger partial charge in [-0.3, -0.25) is 9.98 Å². The maximum Gasteiger partial charge on any atom is 0.416 e. The standard InChI is InChI=1S/C31H30F3N5/c1-20-11-14-23(19-35-20)37-26-17-28-30(18-27(26)36-22-7-3-2-4-8-22)39(29-10-6-5-9-25(29)38-28)24-15-12-21(13-16-24)31(32,33)34/h9-19,22,37H,2-8H2,1H3. The van der Waals surface area contributed by atoms with Gasteiger partial charge in [0.15, 0.2) is 0 Å². The largest absolute Gasteiger partial charge is 0.416 e. The highest BCUT2D eigenvalue weighted by atomic mass is 19.4. The molecule has 1 aromatic heterocycles. The molecule has 1 fully saturated rings. The molecule has 0 amide bonds. The molecule has 1 saturated carbocycles. The maximum atomic E-state index is 13.3. The minimum atomic E-state index is -4.39. The van der Waals surface area contributed by atoms with Crippen molar-refractivity contribution in [1.29, 1.82) is 0 Å². The minimum absolute atomic E-state index is 0.234. The van der Waals surface area contributed by atoms with Crippen molar-refractivity contribution >= 4 is 23.5 Å². The van der Waals surface area contributed by atoms with E-state index in [-0.39, 0.29) is 6.04 Å². The average Bonchev–Trinajstić information content (AvgIpc) is 2.93. The van der Waals surface area contributed by atoms with E-state index in [0.29, 0.717) is 5.69 Å². The van der Waals surface area contributed by atoms with Crippen LogP contribution < -0.4 is 21.4 Å². The fraction of sp³-hybridized carbons (Fsp3) is 0.323. The smallest absolute Gasteiger partial charge is 0.352 e. The highest BCUT2D eigenvalue weighted by Gasteiger charge is 2.30. The molecule has 0 bridgehead atoms. The third-order valence-corrected chi connectivity index (χ3v) is 7.46. The molecule has 8 heteroatoms. The summed E-state index contributed by atoms with van der Waals surface area (Å²) in [5, 5.41) is 6.03. The van der Waals surface area contributed by atoms with Crippen molar-refractivity contribution in [3.8, 4) is 17.1 Å². The van der Waals surface area contributed by atoms with Crippen molar-refractivity contribution in [2.45, 2.75) is 64.1 Å². The number of halogens is 3. The predicted octanol–water partition coefficient (Wildman–Crippen LogP) is 6.03. The summed E-state index contributed by atoms with van der Waals surface area (Å²) >= 11 is 0. The number of nitrogens with zero attached hydrogens (tertiary/aromatic N) is 4. The topological polar surface area (TPSA) is 55.1 Å².